The summed E-state index contributed by atoms with van der Waals surface area (Å²) in [6, 6.07) is 18.9. The van der Waals surface area contributed by atoms with Crippen LogP contribution in [0.3, 0.4) is 0 Å². The number of carbonyl (C=O) groups is 1. The van der Waals surface area contributed by atoms with Crippen molar-refractivity contribution in [1.82, 2.24) is 14.7 Å². The van der Waals surface area contributed by atoms with Crippen molar-refractivity contribution in [1.29, 1.82) is 0 Å². The maximum absolute atomic E-state index is 12.6. The molecule has 0 aliphatic carbocycles. The van der Waals surface area contributed by atoms with Gasteiger partial charge in [0, 0.05) is 11.8 Å². The second-order valence-electron chi connectivity index (χ2n) is 6.56. The summed E-state index contributed by atoms with van der Waals surface area (Å²) >= 11 is 0. The zero-order chi connectivity index (χ0) is 20.2. The van der Waals surface area contributed by atoms with Gasteiger partial charge < -0.3 is 19.1 Å². The van der Waals surface area contributed by atoms with Gasteiger partial charge in [-0.2, -0.15) is 4.98 Å². The summed E-state index contributed by atoms with van der Waals surface area (Å²) in [7, 11) is 1.57. The molecule has 0 aliphatic rings. The van der Waals surface area contributed by atoms with Gasteiger partial charge >= 0.3 is 0 Å². The fraction of sp³-hybridized carbons (Fsp3) is 0.136. The first-order valence-corrected chi connectivity index (χ1v) is 9.13. The number of ether oxygens (including phenoxy) is 1. The molecule has 0 radical (unpaired) electrons. The molecule has 1 amide bonds. The molecule has 0 spiro atoms. The van der Waals surface area contributed by atoms with Gasteiger partial charge in [0.2, 0.25) is 11.7 Å². The molecule has 0 unspecified atom stereocenters. The van der Waals surface area contributed by atoms with Gasteiger partial charge in [0.1, 0.15) is 18.0 Å². The summed E-state index contributed by atoms with van der Waals surface area (Å²) in [5.74, 6) is 1.28. The number of anilines is 1. The molecular formula is C22H20N4O3. The maximum atomic E-state index is 12.6. The molecule has 0 saturated carbocycles. The van der Waals surface area contributed by atoms with Crippen LogP contribution in [0.5, 0.6) is 5.75 Å². The molecule has 0 fully saturated rings. The Morgan fingerprint density at radius 2 is 1.97 bits per heavy atom. The maximum Gasteiger partial charge on any atom is 0.274 e. The van der Waals surface area contributed by atoms with E-state index in [2.05, 4.69) is 15.5 Å². The average molecular weight is 388 g/mol. The lowest BCUT2D eigenvalue weighted by atomic mass is 10.2. The van der Waals surface area contributed by atoms with Gasteiger partial charge in [-0.1, -0.05) is 41.6 Å². The van der Waals surface area contributed by atoms with Gasteiger partial charge in [-0.25, -0.2) is 0 Å². The lowest BCUT2D eigenvalue weighted by molar-refractivity contribution is -0.116. The smallest absolute Gasteiger partial charge is 0.274 e. The van der Waals surface area contributed by atoms with Crippen molar-refractivity contribution in [2.75, 3.05) is 12.4 Å². The van der Waals surface area contributed by atoms with E-state index in [1.54, 1.807) is 17.9 Å². The summed E-state index contributed by atoms with van der Waals surface area (Å²) in [6.07, 6.45) is 1.80. The minimum absolute atomic E-state index is 0.0997. The van der Waals surface area contributed by atoms with E-state index in [0.717, 1.165) is 11.1 Å². The Kier molecular flexibility index (Phi) is 5.11. The summed E-state index contributed by atoms with van der Waals surface area (Å²) in [5, 5.41) is 6.95. The van der Waals surface area contributed by atoms with Crippen LogP contribution in [0.4, 0.5) is 5.69 Å². The standard InChI is InChI=1S/C22H20N4O3/c1-15-10-11-19(28-2)17(13-15)23-20(27)14-26-12-6-9-18(26)22-24-21(25-29-22)16-7-4-3-5-8-16/h3-13H,14H2,1-2H3,(H,23,27). The molecule has 29 heavy (non-hydrogen) atoms. The first-order valence-electron chi connectivity index (χ1n) is 9.13. The Hall–Kier alpha value is -3.87. The minimum Gasteiger partial charge on any atom is -0.495 e. The van der Waals surface area contributed by atoms with Crippen LogP contribution in [0.15, 0.2) is 71.4 Å². The van der Waals surface area contributed by atoms with Gasteiger partial charge in [0.05, 0.1) is 12.8 Å². The van der Waals surface area contributed by atoms with Crippen molar-refractivity contribution in [3.63, 3.8) is 0 Å². The molecular weight excluding hydrogens is 368 g/mol. The number of amides is 1. The minimum atomic E-state index is -0.186. The number of aromatic nitrogens is 3. The van der Waals surface area contributed by atoms with Crippen molar-refractivity contribution in [3.05, 3.63) is 72.4 Å². The second-order valence-corrected chi connectivity index (χ2v) is 6.56. The second kappa shape index (κ2) is 8.02. The van der Waals surface area contributed by atoms with E-state index < -0.39 is 0 Å². The third kappa shape index (κ3) is 4.03. The highest BCUT2D eigenvalue weighted by Crippen LogP contribution is 2.26. The third-order valence-electron chi connectivity index (χ3n) is 4.45. The molecule has 2 aromatic carbocycles. The van der Waals surface area contributed by atoms with E-state index in [9.17, 15) is 4.79 Å². The summed E-state index contributed by atoms with van der Waals surface area (Å²) < 4.78 is 12.5. The molecule has 2 heterocycles. The molecule has 0 saturated heterocycles. The van der Waals surface area contributed by atoms with E-state index in [-0.39, 0.29) is 12.5 Å². The van der Waals surface area contributed by atoms with Crippen LogP contribution >= 0.6 is 0 Å². The van der Waals surface area contributed by atoms with Crippen molar-refractivity contribution < 1.29 is 14.1 Å². The van der Waals surface area contributed by atoms with Gasteiger partial charge in [-0.15, -0.1) is 0 Å². The van der Waals surface area contributed by atoms with Gasteiger partial charge in [-0.05, 0) is 36.8 Å². The van der Waals surface area contributed by atoms with Crippen LogP contribution < -0.4 is 10.1 Å². The Labute approximate surface area is 167 Å². The monoisotopic (exact) mass is 388 g/mol. The SMILES string of the molecule is COc1ccc(C)cc1NC(=O)Cn1cccc1-c1nc(-c2ccccc2)no1. The molecule has 146 valence electrons. The fourth-order valence-electron chi connectivity index (χ4n) is 3.04. The first kappa shape index (κ1) is 18.5. The Balaban J connectivity index is 1.52. The number of hydrogen-bond donors (Lipinski definition) is 1. The van der Waals surface area contributed by atoms with Gasteiger partial charge in [0.15, 0.2) is 0 Å². The predicted molar refractivity (Wildman–Crippen MR) is 110 cm³/mol. The number of nitrogens with one attached hydrogen (secondary N) is 1. The van der Waals surface area contributed by atoms with Crippen LogP contribution in [-0.2, 0) is 11.3 Å². The number of aryl methyl sites for hydroxylation is 1. The van der Waals surface area contributed by atoms with Gasteiger partial charge in [0.25, 0.3) is 5.89 Å². The van der Waals surface area contributed by atoms with Crippen LogP contribution in [0.2, 0.25) is 0 Å². The van der Waals surface area contributed by atoms with Crippen LogP contribution in [0.25, 0.3) is 23.0 Å². The highest BCUT2D eigenvalue weighted by Gasteiger charge is 2.16. The van der Waals surface area contributed by atoms with E-state index in [1.807, 2.05) is 67.6 Å². The molecule has 4 aromatic rings. The van der Waals surface area contributed by atoms with Gasteiger partial charge in [-0.3, -0.25) is 4.79 Å². The van der Waals surface area contributed by atoms with Crippen molar-refractivity contribution in [3.8, 4) is 28.7 Å². The predicted octanol–water partition coefficient (Wildman–Crippen LogP) is 4.16. The Morgan fingerprint density at radius 3 is 2.76 bits per heavy atom. The third-order valence-corrected chi connectivity index (χ3v) is 4.45. The summed E-state index contributed by atoms with van der Waals surface area (Å²) in [4.78, 5) is 17.1. The zero-order valence-corrected chi connectivity index (χ0v) is 16.1. The largest absolute Gasteiger partial charge is 0.495 e. The molecule has 0 atom stereocenters. The normalized spacial score (nSPS) is 10.7. The highest BCUT2D eigenvalue weighted by molar-refractivity contribution is 5.92. The number of carbonyl (C=O) groups excluding carboxylic acids is 1. The summed E-state index contributed by atoms with van der Waals surface area (Å²) in [6.45, 7) is 2.06. The Bertz CT molecular complexity index is 1130. The molecule has 4 rings (SSSR count). The van der Waals surface area contributed by atoms with Crippen molar-refractivity contribution >= 4 is 11.6 Å². The number of hydrogen-bond acceptors (Lipinski definition) is 5. The topological polar surface area (TPSA) is 82.2 Å². The van der Waals surface area contributed by atoms with Crippen LogP contribution in [-0.4, -0.2) is 27.7 Å². The average Bonchev–Trinajstić information content (AvgIpc) is 3.38. The number of rotatable bonds is 6. The van der Waals surface area contributed by atoms with Crippen LogP contribution in [0, 0.1) is 6.92 Å². The molecule has 1 N–H and O–H groups in total. The highest BCUT2D eigenvalue weighted by atomic mass is 16.5. The summed E-state index contributed by atoms with van der Waals surface area (Å²) in [5.41, 5.74) is 3.20. The molecule has 0 bridgehead atoms. The van der Waals surface area contributed by atoms with E-state index in [0.29, 0.717) is 28.8 Å². The van der Waals surface area contributed by atoms with E-state index >= 15 is 0 Å². The lowest BCUT2D eigenvalue weighted by Gasteiger charge is -2.12. The van der Waals surface area contributed by atoms with Crippen LogP contribution in [0.1, 0.15) is 5.56 Å². The van der Waals surface area contributed by atoms with E-state index in [4.69, 9.17) is 9.26 Å². The van der Waals surface area contributed by atoms with Crippen molar-refractivity contribution in [2.24, 2.45) is 0 Å². The molecule has 7 nitrogen and oxygen atoms in total. The molecule has 0 aliphatic heterocycles. The number of nitrogens with zero attached hydrogens (tertiary/aromatic N) is 3. The quantitative estimate of drug-likeness (QED) is 0.536. The molecule has 2 aromatic heterocycles. The Morgan fingerprint density at radius 1 is 1.14 bits per heavy atom. The van der Waals surface area contributed by atoms with E-state index in [1.165, 1.54) is 0 Å². The first-order chi connectivity index (χ1) is 14.1. The fourth-order valence-corrected chi connectivity index (χ4v) is 3.04. The number of benzene rings is 2. The van der Waals surface area contributed by atoms with Crippen molar-refractivity contribution in [2.45, 2.75) is 13.5 Å². The number of methoxy groups -OCH3 is 1. The zero-order valence-electron chi connectivity index (χ0n) is 16.1. The molecule has 7 heteroatoms. The lowest BCUT2D eigenvalue weighted by Crippen LogP contribution is -2.19.